The topological polar surface area (TPSA) is 49.3 Å². The van der Waals surface area contributed by atoms with Crippen LogP contribution in [-0.4, -0.2) is 17.6 Å². The molecule has 0 aliphatic rings. The van der Waals surface area contributed by atoms with Crippen LogP contribution in [0.2, 0.25) is 5.02 Å². The second-order valence-corrected chi connectivity index (χ2v) is 7.57. The van der Waals surface area contributed by atoms with Crippen molar-refractivity contribution in [1.29, 1.82) is 0 Å². The minimum Gasteiger partial charge on any atom is -0.481 e. The third-order valence-corrected chi connectivity index (χ3v) is 5.56. The number of hydrogen-bond acceptors (Lipinski definition) is 3. The summed E-state index contributed by atoms with van der Waals surface area (Å²) in [7, 11) is 0. The predicted molar refractivity (Wildman–Crippen MR) is 93.9 cm³/mol. The summed E-state index contributed by atoms with van der Waals surface area (Å²) in [6, 6.07) is 5.94. The lowest BCUT2D eigenvalue weighted by atomic mass is 9.97. The monoisotopic (exact) mass is 339 g/mol. The number of aryl methyl sites for hydroxylation is 1. The summed E-state index contributed by atoms with van der Waals surface area (Å²) in [6.07, 6.45) is 0.694. The molecular formula is C17H22ClNO2S. The van der Waals surface area contributed by atoms with E-state index in [1.165, 1.54) is 15.8 Å². The number of aliphatic carboxylic acids is 1. The van der Waals surface area contributed by atoms with Crippen LogP contribution in [0.5, 0.6) is 0 Å². The van der Waals surface area contributed by atoms with Crippen molar-refractivity contribution in [3.05, 3.63) is 33.7 Å². The summed E-state index contributed by atoms with van der Waals surface area (Å²) < 4.78 is 1.11. The van der Waals surface area contributed by atoms with Gasteiger partial charge < -0.3 is 10.4 Å². The number of carbonyl (C=O) groups is 1. The molecular weight excluding hydrogens is 318 g/mol. The quantitative estimate of drug-likeness (QED) is 0.768. The van der Waals surface area contributed by atoms with Crippen LogP contribution < -0.4 is 5.32 Å². The number of hydrogen-bond donors (Lipinski definition) is 2. The molecule has 120 valence electrons. The molecule has 3 nitrogen and oxygen atoms in total. The number of rotatable bonds is 7. The van der Waals surface area contributed by atoms with E-state index in [0.29, 0.717) is 25.4 Å². The van der Waals surface area contributed by atoms with Gasteiger partial charge in [0, 0.05) is 18.0 Å². The molecule has 0 saturated heterocycles. The van der Waals surface area contributed by atoms with Gasteiger partial charge in [-0.3, -0.25) is 4.79 Å². The van der Waals surface area contributed by atoms with Gasteiger partial charge in [0.05, 0.1) is 15.6 Å². The number of fused-ring (bicyclic) bond motifs is 1. The zero-order valence-corrected chi connectivity index (χ0v) is 14.7. The van der Waals surface area contributed by atoms with E-state index < -0.39 is 5.97 Å². The van der Waals surface area contributed by atoms with Crippen molar-refractivity contribution < 1.29 is 9.90 Å². The van der Waals surface area contributed by atoms with Crippen molar-refractivity contribution in [3.8, 4) is 0 Å². The average molecular weight is 340 g/mol. The van der Waals surface area contributed by atoms with Crippen molar-refractivity contribution in [2.24, 2.45) is 11.8 Å². The molecule has 0 spiro atoms. The molecule has 0 saturated carbocycles. The van der Waals surface area contributed by atoms with E-state index in [1.807, 2.05) is 26.0 Å². The highest BCUT2D eigenvalue weighted by atomic mass is 35.5. The van der Waals surface area contributed by atoms with Crippen molar-refractivity contribution in [3.63, 3.8) is 0 Å². The summed E-state index contributed by atoms with van der Waals surface area (Å²) in [6.45, 7) is 7.37. The standard InChI is InChI=1S/C17H22ClNO2S/c1-10(2)7-12(17(20)21)8-19-9-15-11(3)13-5-4-6-14(18)16(13)22-15/h4-6,10,12,19H,7-9H2,1-3H3,(H,20,21). The van der Waals surface area contributed by atoms with E-state index >= 15 is 0 Å². The first-order valence-corrected chi connectivity index (χ1v) is 8.69. The van der Waals surface area contributed by atoms with Crippen LogP contribution in [-0.2, 0) is 11.3 Å². The van der Waals surface area contributed by atoms with E-state index in [1.54, 1.807) is 11.3 Å². The highest BCUT2D eigenvalue weighted by Gasteiger charge is 2.19. The Morgan fingerprint density at radius 1 is 1.41 bits per heavy atom. The molecule has 5 heteroatoms. The molecule has 0 radical (unpaired) electrons. The van der Waals surface area contributed by atoms with Crippen molar-refractivity contribution >= 4 is 39.0 Å². The number of thiophene rings is 1. The molecule has 2 N–H and O–H groups in total. The molecule has 1 aromatic heterocycles. The summed E-state index contributed by atoms with van der Waals surface area (Å²) in [5.74, 6) is -0.677. The maximum Gasteiger partial charge on any atom is 0.307 e. The molecule has 1 atom stereocenters. The maximum atomic E-state index is 11.3. The Labute approximate surface area is 140 Å². The lowest BCUT2D eigenvalue weighted by Crippen LogP contribution is -2.29. The van der Waals surface area contributed by atoms with E-state index in [4.69, 9.17) is 11.6 Å². The zero-order chi connectivity index (χ0) is 16.3. The smallest absolute Gasteiger partial charge is 0.307 e. The lowest BCUT2D eigenvalue weighted by molar-refractivity contribution is -0.142. The van der Waals surface area contributed by atoms with Gasteiger partial charge in [-0.05, 0) is 36.3 Å². The Kier molecular flexibility index (Phi) is 5.84. The van der Waals surface area contributed by atoms with E-state index in [0.717, 1.165) is 9.72 Å². The van der Waals surface area contributed by atoms with Crippen LogP contribution >= 0.6 is 22.9 Å². The first-order valence-electron chi connectivity index (χ1n) is 7.50. The van der Waals surface area contributed by atoms with E-state index in [-0.39, 0.29) is 5.92 Å². The molecule has 0 amide bonds. The van der Waals surface area contributed by atoms with Crippen molar-refractivity contribution in [2.45, 2.75) is 33.7 Å². The van der Waals surface area contributed by atoms with Gasteiger partial charge in [-0.1, -0.05) is 37.6 Å². The van der Waals surface area contributed by atoms with Gasteiger partial charge >= 0.3 is 5.97 Å². The van der Waals surface area contributed by atoms with Crippen molar-refractivity contribution in [2.75, 3.05) is 6.54 Å². The molecule has 22 heavy (non-hydrogen) atoms. The van der Waals surface area contributed by atoms with Gasteiger partial charge in [-0.2, -0.15) is 0 Å². The predicted octanol–water partition coefficient (Wildman–Crippen LogP) is 4.70. The SMILES string of the molecule is Cc1c(CNCC(CC(C)C)C(=O)O)sc2c(Cl)cccc12. The fourth-order valence-corrected chi connectivity index (χ4v) is 4.10. The van der Waals surface area contributed by atoms with E-state index in [9.17, 15) is 9.90 Å². The third-order valence-electron chi connectivity index (χ3n) is 3.80. The largest absolute Gasteiger partial charge is 0.481 e. The Morgan fingerprint density at radius 3 is 2.73 bits per heavy atom. The lowest BCUT2D eigenvalue weighted by Gasteiger charge is -2.15. The molecule has 0 aliphatic carbocycles. The van der Waals surface area contributed by atoms with Gasteiger partial charge in [-0.25, -0.2) is 0 Å². The molecule has 1 aromatic carbocycles. The first kappa shape index (κ1) is 17.3. The number of nitrogens with one attached hydrogen (secondary N) is 1. The minimum absolute atomic E-state index is 0.335. The molecule has 1 heterocycles. The maximum absolute atomic E-state index is 11.3. The highest BCUT2D eigenvalue weighted by Crippen LogP contribution is 2.35. The third kappa shape index (κ3) is 4.00. The van der Waals surface area contributed by atoms with Gasteiger partial charge in [0.1, 0.15) is 0 Å². The van der Waals surface area contributed by atoms with Crippen LogP contribution in [0.3, 0.4) is 0 Å². The Hall–Kier alpha value is -1.10. The van der Waals surface area contributed by atoms with E-state index in [2.05, 4.69) is 18.3 Å². The fourth-order valence-electron chi connectivity index (χ4n) is 2.63. The summed E-state index contributed by atoms with van der Waals surface area (Å²) in [5, 5.41) is 14.5. The molecule has 1 unspecified atom stereocenters. The zero-order valence-electron chi connectivity index (χ0n) is 13.1. The number of carboxylic acid groups (broad SMARTS) is 1. The van der Waals surface area contributed by atoms with Gasteiger partial charge in [0.2, 0.25) is 0 Å². The highest BCUT2D eigenvalue weighted by molar-refractivity contribution is 7.20. The van der Waals surface area contributed by atoms with Crippen LogP contribution in [0.4, 0.5) is 0 Å². The molecule has 0 fully saturated rings. The Bertz CT molecular complexity index is 666. The number of carboxylic acids is 1. The molecule has 0 aliphatic heterocycles. The number of benzene rings is 1. The van der Waals surface area contributed by atoms with Crippen LogP contribution in [0.15, 0.2) is 18.2 Å². The average Bonchev–Trinajstić information content (AvgIpc) is 2.76. The van der Waals surface area contributed by atoms with Gasteiger partial charge in [0.15, 0.2) is 0 Å². The van der Waals surface area contributed by atoms with Crippen LogP contribution in [0, 0.1) is 18.8 Å². The molecule has 2 aromatic rings. The number of halogens is 1. The minimum atomic E-state index is -0.725. The fraction of sp³-hybridized carbons (Fsp3) is 0.471. The second-order valence-electron chi connectivity index (χ2n) is 6.06. The Morgan fingerprint density at radius 2 is 2.14 bits per heavy atom. The summed E-state index contributed by atoms with van der Waals surface area (Å²) in [5.41, 5.74) is 1.23. The van der Waals surface area contributed by atoms with Crippen LogP contribution in [0.1, 0.15) is 30.7 Å². The van der Waals surface area contributed by atoms with Crippen molar-refractivity contribution in [1.82, 2.24) is 5.32 Å². The molecule has 2 rings (SSSR count). The summed E-state index contributed by atoms with van der Waals surface area (Å²) in [4.78, 5) is 12.5. The van der Waals surface area contributed by atoms with Crippen LogP contribution in [0.25, 0.3) is 10.1 Å². The second kappa shape index (κ2) is 7.44. The summed E-state index contributed by atoms with van der Waals surface area (Å²) >= 11 is 7.92. The first-order chi connectivity index (χ1) is 10.4. The normalized spacial score (nSPS) is 13.0. The Balaban J connectivity index is 2.04. The van der Waals surface area contributed by atoms with Gasteiger partial charge in [-0.15, -0.1) is 11.3 Å². The molecule has 0 bridgehead atoms. The van der Waals surface area contributed by atoms with Gasteiger partial charge in [0.25, 0.3) is 0 Å².